The summed E-state index contributed by atoms with van der Waals surface area (Å²) in [6.07, 6.45) is 1.91. The first-order chi connectivity index (χ1) is 12.3. The Morgan fingerprint density at radius 3 is 2.88 bits per heavy atom. The zero-order valence-corrected chi connectivity index (χ0v) is 16.6. The molecule has 0 saturated heterocycles. The topological polar surface area (TPSA) is 75.8 Å². The van der Waals surface area contributed by atoms with Gasteiger partial charge in [-0.15, -0.1) is 34.2 Å². The van der Waals surface area contributed by atoms with Gasteiger partial charge in [-0.25, -0.2) is 4.39 Å². The first-order valence-electron chi connectivity index (χ1n) is 7.88. The van der Waals surface area contributed by atoms with Crippen LogP contribution in [-0.4, -0.2) is 40.8 Å². The molecule has 0 saturated carbocycles. The summed E-state index contributed by atoms with van der Waals surface area (Å²) in [5.74, 6) is 1.59. The Bertz CT molecular complexity index is 869. The summed E-state index contributed by atoms with van der Waals surface area (Å²) in [7, 11) is 1.69. The summed E-state index contributed by atoms with van der Waals surface area (Å²) in [4.78, 5) is 4.15. The Hall–Kier alpha value is -2.43. The van der Waals surface area contributed by atoms with Gasteiger partial charge in [-0.3, -0.25) is 9.39 Å². The van der Waals surface area contributed by atoms with E-state index in [0.717, 1.165) is 11.5 Å². The van der Waals surface area contributed by atoms with Gasteiger partial charge in [0, 0.05) is 19.3 Å². The summed E-state index contributed by atoms with van der Waals surface area (Å²) < 4.78 is 20.5. The molecule has 9 heteroatoms. The second-order valence-electron chi connectivity index (χ2n) is 5.20. The summed E-state index contributed by atoms with van der Waals surface area (Å²) in [5.41, 5.74) is 0.797. The van der Waals surface area contributed by atoms with Crippen LogP contribution in [0, 0.1) is 5.82 Å². The minimum Gasteiger partial charge on any atom is -0.492 e. The lowest BCUT2D eigenvalue weighted by molar-refractivity contribution is 0.320. The van der Waals surface area contributed by atoms with Crippen LogP contribution >= 0.6 is 24.0 Å². The van der Waals surface area contributed by atoms with E-state index in [9.17, 15) is 4.39 Å². The third-order valence-electron chi connectivity index (χ3n) is 3.48. The molecule has 0 amide bonds. The van der Waals surface area contributed by atoms with E-state index < -0.39 is 0 Å². The third kappa shape index (κ3) is 5.28. The Labute approximate surface area is 167 Å². The summed E-state index contributed by atoms with van der Waals surface area (Å²) in [5, 5.41) is 14.6. The van der Waals surface area contributed by atoms with Crippen molar-refractivity contribution in [1.29, 1.82) is 0 Å². The highest BCUT2D eigenvalue weighted by Crippen LogP contribution is 2.11. The standard InChI is InChI=1S/C17H19FN6O.HI/c1-19-17(20-8-10-25-14-6-4-5-13(18)11-14)21-12-16-23-22-15-7-2-3-9-24(15)16;/h2-7,9,11H,8,10,12H2,1H3,(H2,19,20,21);1H. The van der Waals surface area contributed by atoms with Crippen LogP contribution in [0.4, 0.5) is 4.39 Å². The molecule has 26 heavy (non-hydrogen) atoms. The van der Waals surface area contributed by atoms with Crippen molar-refractivity contribution in [2.75, 3.05) is 20.2 Å². The maximum absolute atomic E-state index is 13.1. The fourth-order valence-corrected chi connectivity index (χ4v) is 2.29. The maximum atomic E-state index is 13.1. The molecule has 0 atom stereocenters. The number of halogens is 2. The minimum absolute atomic E-state index is 0. The van der Waals surface area contributed by atoms with Gasteiger partial charge in [0.2, 0.25) is 0 Å². The van der Waals surface area contributed by atoms with Crippen molar-refractivity contribution < 1.29 is 9.13 Å². The molecule has 0 aliphatic carbocycles. The molecular formula is C17H20FIN6O. The number of hydrogen-bond acceptors (Lipinski definition) is 4. The van der Waals surface area contributed by atoms with Crippen LogP contribution in [0.2, 0.25) is 0 Å². The lowest BCUT2D eigenvalue weighted by Gasteiger charge is -2.12. The Balaban J connectivity index is 0.00000243. The summed E-state index contributed by atoms with van der Waals surface area (Å²) in [6.45, 7) is 1.39. The number of aromatic nitrogens is 3. The predicted molar refractivity (Wildman–Crippen MR) is 108 cm³/mol. The van der Waals surface area contributed by atoms with E-state index in [1.54, 1.807) is 19.2 Å². The van der Waals surface area contributed by atoms with Crippen molar-refractivity contribution in [2.45, 2.75) is 6.54 Å². The van der Waals surface area contributed by atoms with Gasteiger partial charge in [-0.2, -0.15) is 0 Å². The van der Waals surface area contributed by atoms with Crippen molar-refractivity contribution in [3.8, 4) is 5.75 Å². The highest BCUT2D eigenvalue weighted by Gasteiger charge is 2.05. The SMILES string of the molecule is CN=C(NCCOc1cccc(F)c1)NCc1nnc2ccccn12.I. The second kappa shape index (κ2) is 9.90. The third-order valence-corrected chi connectivity index (χ3v) is 3.48. The monoisotopic (exact) mass is 470 g/mol. The molecule has 7 nitrogen and oxygen atoms in total. The molecule has 2 aromatic heterocycles. The number of benzene rings is 1. The van der Waals surface area contributed by atoms with Gasteiger partial charge in [0.05, 0.1) is 13.1 Å². The molecular weight excluding hydrogens is 450 g/mol. The number of guanidine groups is 1. The molecule has 0 fully saturated rings. The van der Waals surface area contributed by atoms with Crippen LogP contribution in [0.25, 0.3) is 5.65 Å². The van der Waals surface area contributed by atoms with E-state index in [2.05, 4.69) is 25.8 Å². The van der Waals surface area contributed by atoms with Crippen molar-refractivity contribution in [3.63, 3.8) is 0 Å². The number of nitrogens with one attached hydrogen (secondary N) is 2. The zero-order chi connectivity index (χ0) is 17.5. The number of rotatable bonds is 6. The largest absolute Gasteiger partial charge is 0.492 e. The van der Waals surface area contributed by atoms with Crippen molar-refractivity contribution >= 4 is 35.6 Å². The number of hydrogen-bond donors (Lipinski definition) is 2. The van der Waals surface area contributed by atoms with Crippen LogP contribution in [0.3, 0.4) is 0 Å². The van der Waals surface area contributed by atoms with E-state index >= 15 is 0 Å². The van der Waals surface area contributed by atoms with Crippen LogP contribution in [0.15, 0.2) is 53.7 Å². The number of aliphatic imine (C=N–C) groups is 1. The molecule has 2 heterocycles. The first kappa shape index (κ1) is 19.9. The van der Waals surface area contributed by atoms with E-state index in [-0.39, 0.29) is 29.8 Å². The summed E-state index contributed by atoms with van der Waals surface area (Å²) in [6, 6.07) is 11.8. The van der Waals surface area contributed by atoms with Gasteiger partial charge >= 0.3 is 0 Å². The molecule has 0 radical (unpaired) electrons. The molecule has 138 valence electrons. The Kier molecular flexibility index (Phi) is 7.57. The fourth-order valence-electron chi connectivity index (χ4n) is 2.29. The highest BCUT2D eigenvalue weighted by molar-refractivity contribution is 14.0. The van der Waals surface area contributed by atoms with E-state index in [0.29, 0.717) is 31.4 Å². The lowest BCUT2D eigenvalue weighted by Crippen LogP contribution is -2.39. The number of fused-ring (bicyclic) bond motifs is 1. The van der Waals surface area contributed by atoms with Crippen molar-refractivity contribution in [3.05, 3.63) is 60.3 Å². The molecule has 1 aromatic carbocycles. The van der Waals surface area contributed by atoms with Gasteiger partial charge in [0.15, 0.2) is 17.4 Å². The van der Waals surface area contributed by atoms with Gasteiger partial charge in [-0.05, 0) is 24.3 Å². The molecule has 3 aromatic rings. The highest BCUT2D eigenvalue weighted by atomic mass is 127. The zero-order valence-electron chi connectivity index (χ0n) is 14.2. The Morgan fingerprint density at radius 2 is 2.08 bits per heavy atom. The number of pyridine rings is 1. The van der Waals surface area contributed by atoms with Crippen LogP contribution in [0.5, 0.6) is 5.75 Å². The molecule has 3 rings (SSSR count). The average Bonchev–Trinajstić information content (AvgIpc) is 3.04. The van der Waals surface area contributed by atoms with Gasteiger partial charge < -0.3 is 15.4 Å². The smallest absolute Gasteiger partial charge is 0.191 e. The minimum atomic E-state index is -0.316. The normalized spacial score (nSPS) is 11.1. The molecule has 0 bridgehead atoms. The lowest BCUT2D eigenvalue weighted by atomic mass is 10.3. The van der Waals surface area contributed by atoms with E-state index in [1.807, 2.05) is 28.8 Å². The maximum Gasteiger partial charge on any atom is 0.191 e. The van der Waals surface area contributed by atoms with E-state index in [1.165, 1.54) is 12.1 Å². The number of nitrogens with zero attached hydrogens (tertiary/aromatic N) is 4. The summed E-state index contributed by atoms with van der Waals surface area (Å²) >= 11 is 0. The molecule has 0 aliphatic rings. The molecule has 0 unspecified atom stereocenters. The molecule has 0 spiro atoms. The van der Waals surface area contributed by atoms with Crippen LogP contribution in [0.1, 0.15) is 5.82 Å². The van der Waals surface area contributed by atoms with E-state index in [4.69, 9.17) is 4.74 Å². The average molecular weight is 470 g/mol. The van der Waals surface area contributed by atoms with Crippen LogP contribution in [-0.2, 0) is 6.54 Å². The van der Waals surface area contributed by atoms with Gasteiger partial charge in [-0.1, -0.05) is 12.1 Å². The molecule has 2 N–H and O–H groups in total. The van der Waals surface area contributed by atoms with Crippen molar-refractivity contribution in [2.24, 2.45) is 4.99 Å². The Morgan fingerprint density at radius 1 is 1.19 bits per heavy atom. The fraction of sp³-hybridized carbons (Fsp3) is 0.235. The second-order valence-corrected chi connectivity index (χ2v) is 5.20. The predicted octanol–water partition coefficient (Wildman–Crippen LogP) is 2.23. The van der Waals surface area contributed by atoms with Crippen LogP contribution < -0.4 is 15.4 Å². The quantitative estimate of drug-likeness (QED) is 0.250. The molecule has 0 aliphatic heterocycles. The van der Waals surface area contributed by atoms with Crippen molar-refractivity contribution in [1.82, 2.24) is 25.2 Å². The first-order valence-corrected chi connectivity index (χ1v) is 7.88. The van der Waals surface area contributed by atoms with Gasteiger partial charge in [0.1, 0.15) is 18.2 Å². The van der Waals surface area contributed by atoms with Gasteiger partial charge in [0.25, 0.3) is 0 Å². The number of ether oxygens (including phenoxy) is 1.